The maximum atomic E-state index is 10.4. The van der Waals surface area contributed by atoms with Crippen molar-refractivity contribution in [2.24, 2.45) is 35.5 Å². The summed E-state index contributed by atoms with van der Waals surface area (Å²) in [5.74, 6) is 2.43. The van der Waals surface area contributed by atoms with Gasteiger partial charge in [0.25, 0.3) is 0 Å². The molecule has 8 atom stereocenters. The third-order valence-electron chi connectivity index (χ3n) is 5.96. The standard InChI is InChI=1S/C17H30I2O3/c1-9-3-11(6-13(8-20)15(9)21)5-12-4-10(2)16(22)14(7-12)17(18)19/h9-17,20-22H,3-8H2,1-2H3/t9?,10?,11?,12?,13?,14?,15-,16?/m0/s1. The molecular formula is C17H30I2O3. The van der Waals surface area contributed by atoms with E-state index in [4.69, 9.17) is 0 Å². The van der Waals surface area contributed by atoms with Crippen LogP contribution in [0.5, 0.6) is 0 Å². The SMILES string of the molecule is CC1CC(CC2CC(C)[C@H](O)C(CO)C2)CC(C(I)I)C1O. The van der Waals surface area contributed by atoms with Gasteiger partial charge in [0, 0.05) is 18.4 Å². The lowest BCUT2D eigenvalue weighted by Crippen LogP contribution is -2.41. The summed E-state index contributed by atoms with van der Waals surface area (Å²) < 4.78 is 0.479. The summed E-state index contributed by atoms with van der Waals surface area (Å²) in [6, 6.07) is 0. The van der Waals surface area contributed by atoms with E-state index < -0.39 is 0 Å². The Morgan fingerprint density at radius 1 is 0.909 bits per heavy atom. The van der Waals surface area contributed by atoms with Gasteiger partial charge < -0.3 is 15.3 Å². The van der Waals surface area contributed by atoms with Gasteiger partial charge in [-0.25, -0.2) is 0 Å². The highest BCUT2D eigenvalue weighted by Crippen LogP contribution is 2.44. The maximum Gasteiger partial charge on any atom is 0.0679 e. The van der Waals surface area contributed by atoms with Crippen molar-refractivity contribution in [1.29, 1.82) is 0 Å². The molecule has 7 unspecified atom stereocenters. The molecule has 0 saturated heterocycles. The van der Waals surface area contributed by atoms with Gasteiger partial charge in [-0.1, -0.05) is 59.0 Å². The first kappa shape index (κ1) is 19.7. The molecule has 0 radical (unpaired) electrons. The lowest BCUT2D eigenvalue weighted by molar-refractivity contribution is -0.0325. The van der Waals surface area contributed by atoms with E-state index in [2.05, 4.69) is 59.0 Å². The van der Waals surface area contributed by atoms with E-state index >= 15 is 0 Å². The molecule has 2 aliphatic rings. The van der Waals surface area contributed by atoms with E-state index in [-0.39, 0.29) is 24.7 Å². The Hall–Kier alpha value is 1.34. The second kappa shape index (κ2) is 8.63. The van der Waals surface area contributed by atoms with Crippen LogP contribution in [0.4, 0.5) is 0 Å². The van der Waals surface area contributed by atoms with Crippen LogP contribution in [0, 0.1) is 35.5 Å². The second-order valence-corrected chi connectivity index (χ2v) is 12.9. The van der Waals surface area contributed by atoms with Crippen molar-refractivity contribution in [3.8, 4) is 0 Å². The van der Waals surface area contributed by atoms with Crippen LogP contribution in [0.2, 0.25) is 0 Å². The topological polar surface area (TPSA) is 60.7 Å². The summed E-state index contributed by atoms with van der Waals surface area (Å²) in [5, 5.41) is 30.1. The van der Waals surface area contributed by atoms with Crippen LogP contribution in [0.3, 0.4) is 0 Å². The monoisotopic (exact) mass is 536 g/mol. The van der Waals surface area contributed by atoms with Gasteiger partial charge in [0.05, 0.1) is 14.1 Å². The summed E-state index contributed by atoms with van der Waals surface area (Å²) >= 11 is 4.89. The molecule has 22 heavy (non-hydrogen) atoms. The molecule has 2 saturated carbocycles. The fourth-order valence-electron chi connectivity index (χ4n) is 4.79. The van der Waals surface area contributed by atoms with Crippen molar-refractivity contribution in [2.75, 3.05) is 6.61 Å². The van der Waals surface area contributed by atoms with E-state index in [1.54, 1.807) is 0 Å². The smallest absolute Gasteiger partial charge is 0.0679 e. The number of hydrogen-bond donors (Lipinski definition) is 3. The van der Waals surface area contributed by atoms with Crippen molar-refractivity contribution in [3.63, 3.8) is 0 Å². The van der Waals surface area contributed by atoms with E-state index in [1.807, 2.05) is 0 Å². The minimum atomic E-state index is -0.339. The molecule has 2 fully saturated rings. The molecule has 5 heteroatoms. The number of alkyl halides is 2. The predicted octanol–water partition coefficient (Wildman–Crippen LogP) is 3.61. The van der Waals surface area contributed by atoms with E-state index in [1.165, 1.54) is 6.42 Å². The predicted molar refractivity (Wildman–Crippen MR) is 106 cm³/mol. The van der Waals surface area contributed by atoms with Crippen molar-refractivity contribution in [1.82, 2.24) is 0 Å². The molecule has 0 amide bonds. The van der Waals surface area contributed by atoms with Gasteiger partial charge in [-0.05, 0) is 55.8 Å². The van der Waals surface area contributed by atoms with E-state index in [9.17, 15) is 15.3 Å². The zero-order valence-corrected chi connectivity index (χ0v) is 17.9. The maximum absolute atomic E-state index is 10.4. The highest BCUT2D eigenvalue weighted by atomic mass is 127. The zero-order chi connectivity index (χ0) is 16.4. The molecule has 0 bridgehead atoms. The molecule has 0 spiro atoms. The van der Waals surface area contributed by atoms with Gasteiger partial charge in [0.15, 0.2) is 0 Å². The third-order valence-corrected chi connectivity index (χ3v) is 7.81. The Balaban J connectivity index is 1.95. The Labute approximate surface area is 161 Å². The quantitative estimate of drug-likeness (QED) is 0.381. The summed E-state index contributed by atoms with van der Waals surface area (Å²) in [7, 11) is 0. The van der Waals surface area contributed by atoms with Gasteiger partial charge in [0.1, 0.15) is 0 Å². The van der Waals surface area contributed by atoms with Crippen molar-refractivity contribution < 1.29 is 15.3 Å². The van der Waals surface area contributed by atoms with Gasteiger partial charge in [-0.3, -0.25) is 0 Å². The highest BCUT2D eigenvalue weighted by molar-refractivity contribution is 14.2. The lowest BCUT2D eigenvalue weighted by atomic mass is 9.67. The van der Waals surface area contributed by atoms with Crippen LogP contribution in [-0.2, 0) is 0 Å². The molecule has 0 aromatic carbocycles. The summed E-state index contributed by atoms with van der Waals surface area (Å²) in [4.78, 5) is 0. The van der Waals surface area contributed by atoms with Crippen LogP contribution in [0.1, 0.15) is 46.0 Å². The largest absolute Gasteiger partial charge is 0.396 e. The third kappa shape index (κ3) is 4.70. The summed E-state index contributed by atoms with van der Waals surface area (Å²) in [6.07, 6.45) is 4.97. The molecule has 3 nitrogen and oxygen atoms in total. The Morgan fingerprint density at radius 2 is 1.45 bits per heavy atom. The average molecular weight is 536 g/mol. The number of aliphatic hydroxyl groups is 3. The molecular weight excluding hydrogens is 506 g/mol. The summed E-state index contributed by atoms with van der Waals surface area (Å²) in [6.45, 7) is 4.40. The minimum Gasteiger partial charge on any atom is -0.396 e. The first-order chi connectivity index (χ1) is 10.3. The summed E-state index contributed by atoms with van der Waals surface area (Å²) in [5.41, 5.74) is 0. The molecule has 0 aliphatic heterocycles. The number of rotatable bonds is 4. The normalized spacial score (nSPS) is 46.9. The highest BCUT2D eigenvalue weighted by Gasteiger charge is 2.40. The Bertz CT molecular complexity index is 353. The van der Waals surface area contributed by atoms with Crippen molar-refractivity contribution in [2.45, 2.75) is 60.1 Å². The minimum absolute atomic E-state index is 0.0537. The zero-order valence-electron chi connectivity index (χ0n) is 13.5. The van der Waals surface area contributed by atoms with Crippen LogP contribution in [0.25, 0.3) is 0 Å². The van der Waals surface area contributed by atoms with Crippen molar-refractivity contribution in [3.05, 3.63) is 0 Å². The fraction of sp³-hybridized carbons (Fsp3) is 1.00. The first-order valence-electron chi connectivity index (χ1n) is 8.58. The van der Waals surface area contributed by atoms with Crippen molar-refractivity contribution >= 4 is 45.2 Å². The Morgan fingerprint density at radius 3 is 2.00 bits per heavy atom. The van der Waals surface area contributed by atoms with Crippen LogP contribution in [-0.4, -0.2) is 36.1 Å². The first-order valence-corrected chi connectivity index (χ1v) is 11.1. The molecule has 0 aromatic heterocycles. The molecule has 130 valence electrons. The van der Waals surface area contributed by atoms with Crippen LogP contribution in [0.15, 0.2) is 0 Å². The molecule has 2 rings (SSSR count). The van der Waals surface area contributed by atoms with Gasteiger partial charge in [-0.2, -0.15) is 0 Å². The van der Waals surface area contributed by atoms with Gasteiger partial charge >= 0.3 is 0 Å². The van der Waals surface area contributed by atoms with E-state index in [0.717, 1.165) is 25.7 Å². The second-order valence-electron chi connectivity index (χ2n) is 7.79. The average Bonchev–Trinajstić information content (AvgIpc) is 2.45. The molecule has 0 aromatic rings. The molecule has 0 heterocycles. The van der Waals surface area contributed by atoms with Crippen LogP contribution >= 0.6 is 45.2 Å². The van der Waals surface area contributed by atoms with Crippen LogP contribution < -0.4 is 0 Å². The molecule has 3 N–H and O–H groups in total. The number of halogens is 2. The van der Waals surface area contributed by atoms with E-state index in [0.29, 0.717) is 31.5 Å². The lowest BCUT2D eigenvalue weighted by Gasteiger charge is -2.42. The number of aliphatic hydroxyl groups excluding tert-OH is 3. The molecule has 2 aliphatic carbocycles. The Kier molecular flexibility index (Phi) is 7.71. The number of hydrogen-bond acceptors (Lipinski definition) is 3. The fourth-order valence-corrected chi connectivity index (χ4v) is 6.23. The van der Waals surface area contributed by atoms with Gasteiger partial charge in [-0.15, -0.1) is 0 Å². The van der Waals surface area contributed by atoms with Gasteiger partial charge in [0.2, 0.25) is 0 Å².